The Morgan fingerprint density at radius 1 is 1.18 bits per heavy atom. The monoisotopic (exact) mass is 440 g/mol. The molecule has 3 heterocycles. The van der Waals surface area contributed by atoms with E-state index in [1.165, 1.54) is 18.7 Å². The summed E-state index contributed by atoms with van der Waals surface area (Å²) in [6.45, 7) is 1.71. The zero-order valence-electron chi connectivity index (χ0n) is 17.8. The molecule has 0 bridgehead atoms. The molecule has 9 heteroatoms. The number of benzene rings is 1. The molecule has 0 fully saturated rings. The van der Waals surface area contributed by atoms with Crippen molar-refractivity contribution in [3.8, 4) is 6.07 Å². The summed E-state index contributed by atoms with van der Waals surface area (Å²) >= 11 is 0. The number of hydrogen-bond acceptors (Lipinski definition) is 7. The maximum Gasteiger partial charge on any atom is 0.228 e. The molecule has 0 aliphatic rings. The van der Waals surface area contributed by atoms with E-state index in [0.29, 0.717) is 33.4 Å². The highest BCUT2D eigenvalue weighted by Crippen LogP contribution is 2.25. The minimum Gasteiger partial charge on any atom is -0.394 e. The van der Waals surface area contributed by atoms with E-state index in [9.17, 15) is 14.7 Å². The summed E-state index contributed by atoms with van der Waals surface area (Å²) in [6, 6.07) is 10.1. The Morgan fingerprint density at radius 2 is 1.97 bits per heavy atom. The molecule has 0 aliphatic heterocycles. The number of nitrogens with zero attached hydrogens (tertiary/aromatic N) is 5. The summed E-state index contributed by atoms with van der Waals surface area (Å²) in [5.74, 6) is -0.567. The normalized spacial score (nSPS) is 11.7. The minimum absolute atomic E-state index is 0.107. The third-order valence-corrected chi connectivity index (χ3v) is 5.21. The Labute approximate surface area is 189 Å². The van der Waals surface area contributed by atoms with Gasteiger partial charge in [-0.05, 0) is 30.7 Å². The molecule has 2 N–H and O–H groups in total. The standard InChI is InChI=1S/C24H20N6O3/c1-15(13-31)30-12-21(20-11-27-14-28-24(20)30)23(33)18-7-19(10-26-9-18)29-22(32)6-16-2-4-17(8-25)5-3-16/h2-5,7,9-12,14-15,31H,6,13H2,1H3,(H,29,32)/t15-/m1/s1. The van der Waals surface area contributed by atoms with Gasteiger partial charge in [-0.15, -0.1) is 0 Å². The van der Waals surface area contributed by atoms with Gasteiger partial charge in [-0.25, -0.2) is 9.97 Å². The quantitative estimate of drug-likeness (QED) is 0.422. The molecule has 3 aromatic heterocycles. The van der Waals surface area contributed by atoms with Crippen LogP contribution in [-0.2, 0) is 11.2 Å². The number of rotatable bonds is 7. The van der Waals surface area contributed by atoms with Gasteiger partial charge >= 0.3 is 0 Å². The van der Waals surface area contributed by atoms with E-state index in [4.69, 9.17) is 5.26 Å². The first-order chi connectivity index (χ1) is 16.0. The van der Waals surface area contributed by atoms with Gasteiger partial charge in [-0.2, -0.15) is 5.26 Å². The van der Waals surface area contributed by atoms with Gasteiger partial charge in [0.15, 0.2) is 5.78 Å². The smallest absolute Gasteiger partial charge is 0.228 e. The van der Waals surface area contributed by atoms with Gasteiger partial charge < -0.3 is 15.0 Å². The zero-order chi connectivity index (χ0) is 23.4. The number of pyridine rings is 1. The van der Waals surface area contributed by atoms with E-state index in [-0.39, 0.29) is 30.8 Å². The third-order valence-electron chi connectivity index (χ3n) is 5.21. The second-order valence-corrected chi connectivity index (χ2v) is 7.57. The van der Waals surface area contributed by atoms with Crippen LogP contribution in [0.4, 0.5) is 5.69 Å². The van der Waals surface area contributed by atoms with Gasteiger partial charge in [0.1, 0.15) is 12.0 Å². The van der Waals surface area contributed by atoms with Crippen LogP contribution >= 0.6 is 0 Å². The number of aliphatic hydroxyl groups is 1. The molecule has 164 valence electrons. The average Bonchev–Trinajstić information content (AvgIpc) is 3.23. The predicted octanol–water partition coefficient (Wildman–Crippen LogP) is 2.66. The highest BCUT2D eigenvalue weighted by atomic mass is 16.3. The Kier molecular flexibility index (Phi) is 6.20. The van der Waals surface area contributed by atoms with Gasteiger partial charge in [0.2, 0.25) is 5.91 Å². The molecule has 1 aromatic carbocycles. The van der Waals surface area contributed by atoms with E-state index in [0.717, 1.165) is 5.56 Å². The van der Waals surface area contributed by atoms with E-state index in [1.807, 2.05) is 13.0 Å². The van der Waals surface area contributed by atoms with Gasteiger partial charge in [-0.3, -0.25) is 14.6 Å². The van der Waals surface area contributed by atoms with E-state index < -0.39 is 0 Å². The van der Waals surface area contributed by atoms with Crippen molar-refractivity contribution in [3.05, 3.63) is 83.7 Å². The molecule has 0 radical (unpaired) electrons. The van der Waals surface area contributed by atoms with Gasteiger partial charge in [0.05, 0.1) is 48.1 Å². The molecular weight excluding hydrogens is 420 g/mol. The summed E-state index contributed by atoms with van der Waals surface area (Å²) in [5.41, 5.74) is 2.91. The number of aromatic nitrogens is 4. The van der Waals surface area contributed by atoms with Crippen LogP contribution in [0.1, 0.15) is 40.0 Å². The Morgan fingerprint density at radius 3 is 2.70 bits per heavy atom. The number of hydrogen-bond donors (Lipinski definition) is 2. The molecule has 4 rings (SSSR count). The van der Waals surface area contributed by atoms with Crippen LogP contribution in [0.25, 0.3) is 11.0 Å². The number of nitriles is 1. The number of carbonyl (C=O) groups excluding carboxylic acids is 2. The first-order valence-electron chi connectivity index (χ1n) is 10.2. The summed E-state index contributed by atoms with van der Waals surface area (Å²) in [6.07, 6.45) is 7.62. The van der Waals surface area contributed by atoms with Crippen LogP contribution in [0.5, 0.6) is 0 Å². The molecule has 9 nitrogen and oxygen atoms in total. The summed E-state index contributed by atoms with van der Waals surface area (Å²) in [4.78, 5) is 38.1. The molecule has 0 saturated carbocycles. The second-order valence-electron chi connectivity index (χ2n) is 7.57. The lowest BCUT2D eigenvalue weighted by molar-refractivity contribution is -0.115. The second kappa shape index (κ2) is 9.38. The maximum absolute atomic E-state index is 13.3. The summed E-state index contributed by atoms with van der Waals surface area (Å²) < 4.78 is 1.74. The topological polar surface area (TPSA) is 134 Å². The van der Waals surface area contributed by atoms with Crippen molar-refractivity contribution in [1.82, 2.24) is 19.5 Å². The molecule has 0 aliphatic carbocycles. The molecule has 0 unspecified atom stereocenters. The number of carbonyl (C=O) groups is 2. The van der Waals surface area contributed by atoms with Crippen molar-refractivity contribution in [1.29, 1.82) is 5.26 Å². The molecule has 1 amide bonds. The molecule has 0 spiro atoms. The number of amides is 1. The zero-order valence-corrected chi connectivity index (χ0v) is 17.8. The number of aliphatic hydroxyl groups excluding tert-OH is 1. The first-order valence-corrected chi connectivity index (χ1v) is 10.2. The SMILES string of the molecule is C[C@H](CO)n1cc(C(=O)c2cncc(NC(=O)Cc3ccc(C#N)cc3)c2)c2cncnc21. The lowest BCUT2D eigenvalue weighted by atomic mass is 10.1. The Balaban J connectivity index is 1.56. The first kappa shape index (κ1) is 21.8. The van der Waals surface area contributed by atoms with Crippen LogP contribution in [0.3, 0.4) is 0 Å². The van der Waals surface area contributed by atoms with Gasteiger partial charge in [-0.1, -0.05) is 12.1 Å². The Hall–Kier alpha value is -4.42. The van der Waals surface area contributed by atoms with Crippen LogP contribution in [0.15, 0.2) is 61.4 Å². The van der Waals surface area contributed by atoms with Crippen molar-refractivity contribution in [2.45, 2.75) is 19.4 Å². The van der Waals surface area contributed by atoms with E-state index >= 15 is 0 Å². The lowest BCUT2D eigenvalue weighted by Crippen LogP contribution is -2.15. The molecule has 4 aromatic rings. The van der Waals surface area contributed by atoms with Crippen molar-refractivity contribution < 1.29 is 14.7 Å². The van der Waals surface area contributed by atoms with Crippen molar-refractivity contribution in [2.75, 3.05) is 11.9 Å². The molecular formula is C24H20N6O3. The van der Waals surface area contributed by atoms with E-state index in [2.05, 4.69) is 20.3 Å². The van der Waals surface area contributed by atoms with Crippen LogP contribution in [0, 0.1) is 11.3 Å². The fourth-order valence-corrected chi connectivity index (χ4v) is 3.47. The van der Waals surface area contributed by atoms with Crippen molar-refractivity contribution in [3.63, 3.8) is 0 Å². The van der Waals surface area contributed by atoms with Crippen molar-refractivity contribution in [2.24, 2.45) is 0 Å². The van der Waals surface area contributed by atoms with E-state index in [1.54, 1.807) is 47.3 Å². The third kappa shape index (κ3) is 4.61. The lowest BCUT2D eigenvalue weighted by Gasteiger charge is -2.10. The van der Waals surface area contributed by atoms with Crippen LogP contribution in [-0.4, -0.2) is 42.9 Å². The molecule has 1 atom stereocenters. The number of fused-ring (bicyclic) bond motifs is 1. The highest BCUT2D eigenvalue weighted by Gasteiger charge is 2.20. The largest absolute Gasteiger partial charge is 0.394 e. The van der Waals surface area contributed by atoms with Gasteiger partial charge in [0.25, 0.3) is 0 Å². The van der Waals surface area contributed by atoms with Crippen LogP contribution < -0.4 is 5.32 Å². The maximum atomic E-state index is 13.3. The van der Waals surface area contributed by atoms with Crippen LogP contribution in [0.2, 0.25) is 0 Å². The highest BCUT2D eigenvalue weighted by molar-refractivity contribution is 6.16. The summed E-state index contributed by atoms with van der Waals surface area (Å²) in [5, 5.41) is 21.7. The molecule has 0 saturated heterocycles. The van der Waals surface area contributed by atoms with Crippen molar-refractivity contribution >= 4 is 28.4 Å². The Bertz CT molecular complexity index is 1370. The number of anilines is 1. The fraction of sp³-hybridized carbons (Fsp3) is 0.167. The number of nitrogens with one attached hydrogen (secondary N) is 1. The average molecular weight is 440 g/mol. The van der Waals surface area contributed by atoms with Gasteiger partial charge in [0, 0.05) is 29.5 Å². The predicted molar refractivity (Wildman–Crippen MR) is 120 cm³/mol. The summed E-state index contributed by atoms with van der Waals surface area (Å²) in [7, 11) is 0. The fourth-order valence-electron chi connectivity index (χ4n) is 3.47. The molecule has 33 heavy (non-hydrogen) atoms. The number of ketones is 1. The minimum atomic E-state index is -0.297.